The van der Waals surface area contributed by atoms with Gasteiger partial charge in [-0.1, -0.05) is 79.5 Å². The van der Waals surface area contributed by atoms with Crippen molar-refractivity contribution in [1.29, 1.82) is 5.26 Å². The predicted octanol–water partition coefficient (Wildman–Crippen LogP) is 8.89. The zero-order chi connectivity index (χ0) is 27.4. The Morgan fingerprint density at radius 1 is 0.974 bits per heavy atom. The van der Waals surface area contributed by atoms with Crippen LogP contribution in [0.3, 0.4) is 0 Å². The molecule has 1 unspecified atom stereocenters. The van der Waals surface area contributed by atoms with E-state index in [4.69, 9.17) is 16.6 Å². The van der Waals surface area contributed by atoms with Crippen LogP contribution in [0, 0.1) is 22.2 Å². The number of aliphatic imine (C=N–C) groups is 1. The molecule has 1 heterocycles. The highest BCUT2D eigenvalue weighted by Crippen LogP contribution is 2.52. The van der Waals surface area contributed by atoms with E-state index in [0.717, 1.165) is 32.5 Å². The van der Waals surface area contributed by atoms with Crippen LogP contribution < -0.4 is 0 Å². The number of rotatable bonds is 3. The second-order valence-electron chi connectivity index (χ2n) is 12.1. The number of benzene rings is 2. The first-order valence-electron chi connectivity index (χ1n) is 12.8. The third-order valence-corrected chi connectivity index (χ3v) is 8.39. The Bertz CT molecular complexity index is 1500. The van der Waals surface area contributed by atoms with Crippen LogP contribution in [0.25, 0.3) is 5.70 Å². The molecule has 2 aliphatic carbocycles. The summed E-state index contributed by atoms with van der Waals surface area (Å²) >= 11 is 9.75. The predicted molar refractivity (Wildman–Crippen MR) is 156 cm³/mol. The van der Waals surface area contributed by atoms with Gasteiger partial charge in [0, 0.05) is 39.5 Å². The molecule has 0 aromatic heterocycles. The van der Waals surface area contributed by atoms with E-state index in [0.29, 0.717) is 47.5 Å². The van der Waals surface area contributed by atoms with Crippen LogP contribution in [0.2, 0.25) is 5.02 Å². The molecule has 4 nitrogen and oxygen atoms in total. The van der Waals surface area contributed by atoms with Gasteiger partial charge in [0.05, 0.1) is 22.9 Å². The van der Waals surface area contributed by atoms with Crippen LogP contribution >= 0.6 is 27.5 Å². The summed E-state index contributed by atoms with van der Waals surface area (Å²) in [7, 11) is 0. The van der Waals surface area contributed by atoms with Crippen molar-refractivity contribution in [1.82, 2.24) is 0 Å². The summed E-state index contributed by atoms with van der Waals surface area (Å²) in [5.41, 5.74) is 5.43. The highest BCUT2D eigenvalue weighted by atomic mass is 79.9. The summed E-state index contributed by atoms with van der Waals surface area (Å²) in [6.45, 7) is 8.35. The van der Waals surface area contributed by atoms with Gasteiger partial charge in [0.15, 0.2) is 5.78 Å². The minimum atomic E-state index is -0.433. The maximum Gasteiger partial charge on any atom is 0.167 e. The Hall–Kier alpha value is -2.94. The summed E-state index contributed by atoms with van der Waals surface area (Å²) < 4.78 is 0.945. The number of hydrogen-bond donors (Lipinski definition) is 1. The largest absolute Gasteiger partial charge is 0.512 e. The monoisotopic (exact) mass is 588 g/mol. The van der Waals surface area contributed by atoms with Crippen LogP contribution in [0.5, 0.6) is 0 Å². The average molecular weight is 590 g/mol. The van der Waals surface area contributed by atoms with Gasteiger partial charge in [0.1, 0.15) is 5.76 Å². The quantitative estimate of drug-likeness (QED) is 0.388. The minimum absolute atomic E-state index is 0.0469. The van der Waals surface area contributed by atoms with Gasteiger partial charge in [-0.25, -0.2) is 0 Å². The number of aliphatic hydroxyl groups excluding tert-OH is 1. The SMILES string of the molecule is CC1(C)CC(=O)C(C2=C3C(=NC(c4ccc(Br)cc4)=C(C#N)C3c3ccc(Cl)cc3)CC(C)(C)C2)=C(O)C1. The van der Waals surface area contributed by atoms with Crippen molar-refractivity contribution in [3.63, 3.8) is 0 Å². The third-order valence-electron chi connectivity index (χ3n) is 7.61. The van der Waals surface area contributed by atoms with Gasteiger partial charge in [-0.05, 0) is 64.6 Å². The summed E-state index contributed by atoms with van der Waals surface area (Å²) in [5.74, 6) is -0.339. The maximum absolute atomic E-state index is 13.6. The van der Waals surface area contributed by atoms with Crippen molar-refractivity contribution in [3.8, 4) is 6.07 Å². The zero-order valence-electron chi connectivity index (χ0n) is 22.0. The van der Waals surface area contributed by atoms with Gasteiger partial charge in [0.25, 0.3) is 0 Å². The first-order valence-corrected chi connectivity index (χ1v) is 14.0. The molecular formula is C32H30BrClN2O2. The Balaban J connectivity index is 1.84. The molecule has 3 aliphatic rings. The number of ketones is 1. The van der Waals surface area contributed by atoms with Gasteiger partial charge in [-0.3, -0.25) is 9.79 Å². The van der Waals surface area contributed by atoms with Crippen molar-refractivity contribution in [2.75, 3.05) is 0 Å². The molecule has 1 atom stereocenters. The smallest absolute Gasteiger partial charge is 0.167 e. The molecule has 0 saturated heterocycles. The molecule has 0 fully saturated rings. The number of allylic oxidation sites excluding steroid dienone is 5. The molecule has 6 heteroatoms. The lowest BCUT2D eigenvalue weighted by atomic mass is 9.63. The van der Waals surface area contributed by atoms with E-state index in [9.17, 15) is 15.2 Å². The van der Waals surface area contributed by atoms with E-state index < -0.39 is 5.92 Å². The number of nitrogens with zero attached hydrogens (tertiary/aromatic N) is 2. The normalized spacial score (nSPS) is 22.7. The number of carbonyl (C=O) groups excluding carboxylic acids is 1. The van der Waals surface area contributed by atoms with E-state index in [1.807, 2.05) is 62.4 Å². The molecule has 0 spiro atoms. The molecule has 1 N–H and O–H groups in total. The van der Waals surface area contributed by atoms with Crippen LogP contribution in [0.1, 0.15) is 70.4 Å². The molecule has 0 bridgehead atoms. The molecule has 1 aliphatic heterocycles. The fraction of sp³-hybridized carbons (Fsp3) is 0.344. The van der Waals surface area contributed by atoms with Crippen molar-refractivity contribution in [2.24, 2.45) is 15.8 Å². The van der Waals surface area contributed by atoms with Gasteiger partial charge in [-0.15, -0.1) is 0 Å². The fourth-order valence-electron chi connectivity index (χ4n) is 6.06. The lowest BCUT2D eigenvalue weighted by Gasteiger charge is -2.41. The number of carbonyl (C=O) groups is 1. The third kappa shape index (κ3) is 4.93. The van der Waals surface area contributed by atoms with Crippen molar-refractivity contribution >= 4 is 44.7 Å². The van der Waals surface area contributed by atoms with Crippen LogP contribution in [-0.4, -0.2) is 16.6 Å². The van der Waals surface area contributed by atoms with Gasteiger partial charge >= 0.3 is 0 Å². The maximum atomic E-state index is 13.6. The number of fused-ring (bicyclic) bond motifs is 1. The number of halogens is 2. The standard InChI is InChI=1S/C32H30BrClN2O2/c1-31(2)13-22(29-25(37)15-32(3,4)16-26(29)38)28-24(14-31)36-30(19-5-9-20(33)10-6-19)23(17-35)27(28)18-7-11-21(34)12-8-18/h5-12,27,37H,13-16H2,1-4H3. The highest BCUT2D eigenvalue weighted by molar-refractivity contribution is 9.10. The van der Waals surface area contributed by atoms with Gasteiger partial charge < -0.3 is 5.11 Å². The second kappa shape index (κ2) is 9.67. The summed E-state index contributed by atoms with van der Waals surface area (Å²) in [4.78, 5) is 18.7. The lowest BCUT2D eigenvalue weighted by molar-refractivity contribution is -0.118. The number of hydrogen-bond acceptors (Lipinski definition) is 4. The Kier molecular flexibility index (Phi) is 6.78. The Labute approximate surface area is 237 Å². The molecule has 2 aromatic carbocycles. The minimum Gasteiger partial charge on any atom is -0.512 e. The molecule has 38 heavy (non-hydrogen) atoms. The van der Waals surface area contributed by atoms with Gasteiger partial charge in [0.2, 0.25) is 0 Å². The van der Waals surface area contributed by atoms with Crippen molar-refractivity contribution in [2.45, 2.75) is 59.3 Å². The van der Waals surface area contributed by atoms with Gasteiger partial charge in [-0.2, -0.15) is 5.26 Å². The fourth-order valence-corrected chi connectivity index (χ4v) is 6.45. The molecule has 0 amide bonds. The van der Waals surface area contributed by atoms with Crippen molar-refractivity contribution < 1.29 is 9.90 Å². The number of aliphatic hydroxyl groups is 1. The molecular weight excluding hydrogens is 560 g/mol. The summed E-state index contributed by atoms with van der Waals surface area (Å²) in [6.07, 6.45) is 2.12. The van der Waals surface area contributed by atoms with E-state index in [-0.39, 0.29) is 22.4 Å². The lowest BCUT2D eigenvalue weighted by Crippen LogP contribution is -2.35. The average Bonchev–Trinajstić information content (AvgIpc) is 2.82. The first-order chi connectivity index (χ1) is 17.9. The van der Waals surface area contributed by atoms with Crippen LogP contribution in [-0.2, 0) is 4.79 Å². The van der Waals surface area contributed by atoms with Crippen molar-refractivity contribution in [3.05, 3.63) is 97.2 Å². The zero-order valence-corrected chi connectivity index (χ0v) is 24.4. The first kappa shape index (κ1) is 26.7. The van der Waals surface area contributed by atoms with E-state index in [2.05, 4.69) is 35.8 Å². The molecule has 5 rings (SSSR count). The number of nitriles is 1. The van der Waals surface area contributed by atoms with E-state index >= 15 is 0 Å². The summed E-state index contributed by atoms with van der Waals surface area (Å²) in [6, 6.07) is 17.8. The van der Waals surface area contributed by atoms with E-state index in [1.54, 1.807) is 0 Å². The molecule has 0 radical (unpaired) electrons. The molecule has 194 valence electrons. The number of Topliss-reactive ketones (excluding diaryl/α,β-unsaturated/α-hetero) is 1. The Morgan fingerprint density at radius 3 is 2.21 bits per heavy atom. The van der Waals surface area contributed by atoms with E-state index in [1.165, 1.54) is 0 Å². The second-order valence-corrected chi connectivity index (χ2v) is 13.4. The Morgan fingerprint density at radius 2 is 1.61 bits per heavy atom. The highest BCUT2D eigenvalue weighted by Gasteiger charge is 2.44. The topological polar surface area (TPSA) is 73.5 Å². The van der Waals surface area contributed by atoms with Crippen LogP contribution in [0.4, 0.5) is 0 Å². The molecule has 0 saturated carbocycles. The van der Waals surface area contributed by atoms with Crippen LogP contribution in [0.15, 0.2) is 86.0 Å². The summed E-state index contributed by atoms with van der Waals surface area (Å²) in [5, 5.41) is 22.4. The molecule has 2 aromatic rings.